The summed E-state index contributed by atoms with van der Waals surface area (Å²) in [5.41, 5.74) is 1.13. The lowest BCUT2D eigenvalue weighted by Crippen LogP contribution is -2.45. The summed E-state index contributed by atoms with van der Waals surface area (Å²) in [6, 6.07) is 10.3. The monoisotopic (exact) mass is 331 g/mol. The summed E-state index contributed by atoms with van der Waals surface area (Å²) in [4.78, 5) is 14.6. The minimum absolute atomic E-state index is 0.184. The third-order valence-electron chi connectivity index (χ3n) is 5.47. The van der Waals surface area contributed by atoms with Gasteiger partial charge in [0, 0.05) is 18.5 Å². The SMILES string of the molecule is O=C(CCOCc1ccccc1)N1CCC[C@@H]1[C@@H]1CCCC[C@H]1O. The number of ether oxygens (including phenoxy) is 1. The Morgan fingerprint density at radius 1 is 1.12 bits per heavy atom. The molecule has 1 aromatic carbocycles. The molecule has 132 valence electrons. The molecule has 0 bridgehead atoms. The van der Waals surface area contributed by atoms with Crippen LogP contribution >= 0.6 is 0 Å². The molecule has 0 aromatic heterocycles. The van der Waals surface area contributed by atoms with E-state index >= 15 is 0 Å². The number of nitrogens with zero attached hydrogens (tertiary/aromatic N) is 1. The highest BCUT2D eigenvalue weighted by Crippen LogP contribution is 2.34. The number of likely N-dealkylation sites (tertiary alicyclic amines) is 1. The number of carbonyl (C=O) groups is 1. The van der Waals surface area contributed by atoms with Gasteiger partial charge in [0.05, 0.1) is 25.7 Å². The molecule has 24 heavy (non-hydrogen) atoms. The van der Waals surface area contributed by atoms with Gasteiger partial charge in [-0.3, -0.25) is 4.79 Å². The summed E-state index contributed by atoms with van der Waals surface area (Å²) >= 11 is 0. The normalized spacial score (nSPS) is 27.4. The zero-order valence-electron chi connectivity index (χ0n) is 14.4. The van der Waals surface area contributed by atoms with Gasteiger partial charge < -0.3 is 14.7 Å². The second-order valence-electron chi connectivity index (χ2n) is 7.10. The van der Waals surface area contributed by atoms with Crippen molar-refractivity contribution in [3.8, 4) is 0 Å². The molecular weight excluding hydrogens is 302 g/mol. The molecule has 4 nitrogen and oxygen atoms in total. The van der Waals surface area contributed by atoms with Gasteiger partial charge in [-0.25, -0.2) is 0 Å². The van der Waals surface area contributed by atoms with Crippen LogP contribution in [0.5, 0.6) is 0 Å². The Hall–Kier alpha value is -1.39. The van der Waals surface area contributed by atoms with Crippen molar-refractivity contribution in [3.63, 3.8) is 0 Å². The Labute approximate surface area is 144 Å². The van der Waals surface area contributed by atoms with Gasteiger partial charge in [-0.15, -0.1) is 0 Å². The summed E-state index contributed by atoms with van der Waals surface area (Å²) in [5, 5.41) is 10.3. The van der Waals surface area contributed by atoms with Gasteiger partial charge in [0.2, 0.25) is 5.91 Å². The largest absolute Gasteiger partial charge is 0.393 e. The van der Waals surface area contributed by atoms with Gasteiger partial charge in [-0.2, -0.15) is 0 Å². The van der Waals surface area contributed by atoms with Gasteiger partial charge in [0.25, 0.3) is 0 Å². The minimum Gasteiger partial charge on any atom is -0.393 e. The Bertz CT molecular complexity index is 519. The first-order chi connectivity index (χ1) is 11.8. The van der Waals surface area contributed by atoms with Crippen molar-refractivity contribution in [2.45, 2.75) is 63.7 Å². The average Bonchev–Trinajstić information content (AvgIpc) is 3.09. The van der Waals surface area contributed by atoms with E-state index in [0.717, 1.165) is 44.2 Å². The molecule has 4 heteroatoms. The molecule has 1 amide bonds. The lowest BCUT2D eigenvalue weighted by atomic mass is 9.80. The molecule has 3 rings (SSSR count). The first kappa shape index (κ1) is 17.4. The van der Waals surface area contributed by atoms with Crippen LogP contribution in [0, 0.1) is 5.92 Å². The zero-order valence-corrected chi connectivity index (χ0v) is 14.4. The predicted octanol–water partition coefficient (Wildman–Crippen LogP) is 3.14. The third kappa shape index (κ3) is 4.37. The second kappa shape index (κ2) is 8.63. The van der Waals surface area contributed by atoms with Crippen molar-refractivity contribution in [3.05, 3.63) is 35.9 Å². The van der Waals surface area contributed by atoms with E-state index in [-0.39, 0.29) is 24.0 Å². The molecule has 1 aromatic rings. The topological polar surface area (TPSA) is 49.8 Å². The molecule has 0 spiro atoms. The maximum Gasteiger partial charge on any atom is 0.225 e. The molecule has 2 aliphatic rings. The van der Waals surface area contributed by atoms with Gasteiger partial charge in [0.1, 0.15) is 0 Å². The fraction of sp³-hybridized carbons (Fsp3) is 0.650. The first-order valence-electron chi connectivity index (χ1n) is 9.35. The molecule has 1 aliphatic carbocycles. The highest BCUT2D eigenvalue weighted by Gasteiger charge is 2.38. The summed E-state index contributed by atoms with van der Waals surface area (Å²) in [7, 11) is 0. The van der Waals surface area contributed by atoms with E-state index in [9.17, 15) is 9.90 Å². The van der Waals surface area contributed by atoms with Crippen LogP contribution in [-0.4, -0.2) is 41.2 Å². The molecule has 2 fully saturated rings. The molecule has 1 heterocycles. The fourth-order valence-electron chi connectivity index (χ4n) is 4.20. The van der Waals surface area contributed by atoms with Crippen molar-refractivity contribution in [1.82, 2.24) is 4.90 Å². The quantitative estimate of drug-likeness (QED) is 0.815. The highest BCUT2D eigenvalue weighted by molar-refractivity contribution is 5.77. The van der Waals surface area contributed by atoms with Gasteiger partial charge in [0.15, 0.2) is 0 Å². The lowest BCUT2D eigenvalue weighted by Gasteiger charge is -2.37. The molecule has 1 saturated heterocycles. The first-order valence-corrected chi connectivity index (χ1v) is 9.35. The van der Waals surface area contributed by atoms with Gasteiger partial charge in [-0.1, -0.05) is 43.2 Å². The van der Waals surface area contributed by atoms with Crippen LogP contribution in [0.25, 0.3) is 0 Å². The zero-order chi connectivity index (χ0) is 16.8. The second-order valence-corrected chi connectivity index (χ2v) is 7.10. The summed E-state index contributed by atoms with van der Waals surface area (Å²) in [6.45, 7) is 1.86. The average molecular weight is 331 g/mol. The molecule has 0 radical (unpaired) electrons. The molecule has 1 saturated carbocycles. The minimum atomic E-state index is -0.230. The number of carbonyl (C=O) groups excluding carboxylic acids is 1. The maximum absolute atomic E-state index is 12.6. The van der Waals surface area contributed by atoms with Crippen molar-refractivity contribution >= 4 is 5.91 Å². The predicted molar refractivity (Wildman–Crippen MR) is 93.4 cm³/mol. The molecule has 0 unspecified atom stereocenters. The van der Waals surface area contributed by atoms with Gasteiger partial charge >= 0.3 is 0 Å². The van der Waals surface area contributed by atoms with E-state index in [0.29, 0.717) is 19.6 Å². The van der Waals surface area contributed by atoms with Crippen LogP contribution in [0.2, 0.25) is 0 Å². The smallest absolute Gasteiger partial charge is 0.225 e. The Morgan fingerprint density at radius 3 is 2.71 bits per heavy atom. The number of hydrogen-bond donors (Lipinski definition) is 1. The number of amides is 1. The molecular formula is C20H29NO3. The van der Waals surface area contributed by atoms with E-state index in [1.54, 1.807) is 0 Å². The van der Waals surface area contributed by atoms with Crippen LogP contribution in [0.3, 0.4) is 0 Å². The lowest BCUT2D eigenvalue weighted by molar-refractivity contribution is -0.135. The Kier molecular flexibility index (Phi) is 6.27. The van der Waals surface area contributed by atoms with Crippen LogP contribution in [0.1, 0.15) is 50.5 Å². The summed E-state index contributed by atoms with van der Waals surface area (Å²) in [5.74, 6) is 0.457. The van der Waals surface area contributed by atoms with E-state index < -0.39 is 0 Å². The number of aliphatic hydroxyl groups excluding tert-OH is 1. The number of aliphatic hydroxyl groups is 1. The standard InChI is InChI=1S/C20H29NO3/c22-19-11-5-4-9-17(19)18-10-6-13-21(18)20(23)12-14-24-15-16-7-2-1-3-8-16/h1-3,7-8,17-19,22H,4-6,9-15H2/t17-,18+,19+/m0/s1. The van der Waals surface area contributed by atoms with Crippen molar-refractivity contribution in [2.75, 3.05) is 13.2 Å². The van der Waals surface area contributed by atoms with Crippen LogP contribution in [-0.2, 0) is 16.1 Å². The van der Waals surface area contributed by atoms with Crippen molar-refractivity contribution in [1.29, 1.82) is 0 Å². The van der Waals surface area contributed by atoms with Crippen LogP contribution < -0.4 is 0 Å². The molecule has 1 aliphatic heterocycles. The Balaban J connectivity index is 1.45. The number of hydrogen-bond acceptors (Lipinski definition) is 3. The fourth-order valence-corrected chi connectivity index (χ4v) is 4.20. The third-order valence-corrected chi connectivity index (χ3v) is 5.47. The van der Waals surface area contributed by atoms with Crippen LogP contribution in [0.4, 0.5) is 0 Å². The van der Waals surface area contributed by atoms with E-state index in [4.69, 9.17) is 4.74 Å². The summed E-state index contributed by atoms with van der Waals surface area (Å²) in [6.07, 6.45) is 6.55. The van der Waals surface area contributed by atoms with Gasteiger partial charge in [-0.05, 0) is 31.2 Å². The summed E-state index contributed by atoms with van der Waals surface area (Å²) < 4.78 is 5.65. The van der Waals surface area contributed by atoms with Crippen LogP contribution in [0.15, 0.2) is 30.3 Å². The number of rotatable bonds is 6. The molecule has 3 atom stereocenters. The van der Waals surface area contributed by atoms with Crippen molar-refractivity contribution in [2.24, 2.45) is 5.92 Å². The molecule has 1 N–H and O–H groups in total. The van der Waals surface area contributed by atoms with E-state index in [1.165, 1.54) is 6.42 Å². The highest BCUT2D eigenvalue weighted by atomic mass is 16.5. The van der Waals surface area contributed by atoms with Crippen molar-refractivity contribution < 1.29 is 14.6 Å². The maximum atomic E-state index is 12.6. The number of benzene rings is 1. The van der Waals surface area contributed by atoms with E-state index in [1.807, 2.05) is 35.2 Å². The van der Waals surface area contributed by atoms with E-state index in [2.05, 4.69) is 0 Å². The Morgan fingerprint density at radius 2 is 1.92 bits per heavy atom.